The van der Waals surface area contributed by atoms with Crippen molar-refractivity contribution in [1.29, 1.82) is 0 Å². The van der Waals surface area contributed by atoms with Gasteiger partial charge < -0.3 is 10.2 Å². The summed E-state index contributed by atoms with van der Waals surface area (Å²) in [6, 6.07) is 2.08. The summed E-state index contributed by atoms with van der Waals surface area (Å²) in [6.07, 6.45) is 3.84. The molecule has 1 N–H and O–H groups in total. The van der Waals surface area contributed by atoms with E-state index in [1.165, 1.54) is 0 Å². The predicted molar refractivity (Wildman–Crippen MR) is 90.4 cm³/mol. The molecule has 1 aliphatic rings. The Bertz CT molecular complexity index is 730. The van der Waals surface area contributed by atoms with Crippen molar-refractivity contribution in [3.8, 4) is 0 Å². The number of aromatic nitrogens is 3. The minimum Gasteiger partial charge on any atom is -0.356 e. The van der Waals surface area contributed by atoms with Gasteiger partial charge in [-0.05, 0) is 44.2 Å². The standard InChI is InChI=1S/C17H23N5O/c1-11-7-12(2)21-16-15(11)17(20-10-19-16)22-6-4-5-14(9-22)8-18-13(3)23/h7,10,14H,4-6,8-9H2,1-3H3,(H,18,23)/t14-/m1/s1. The van der Waals surface area contributed by atoms with Crippen LogP contribution in [0.2, 0.25) is 0 Å². The number of nitrogens with zero attached hydrogens (tertiary/aromatic N) is 4. The van der Waals surface area contributed by atoms with E-state index in [9.17, 15) is 4.79 Å². The third-order valence-electron chi connectivity index (χ3n) is 4.37. The summed E-state index contributed by atoms with van der Waals surface area (Å²) in [6.45, 7) is 8.25. The topological polar surface area (TPSA) is 71.0 Å². The molecule has 0 aliphatic carbocycles. The number of piperidine rings is 1. The van der Waals surface area contributed by atoms with Crippen molar-refractivity contribution in [3.63, 3.8) is 0 Å². The summed E-state index contributed by atoms with van der Waals surface area (Å²) in [7, 11) is 0. The fraction of sp³-hybridized carbons (Fsp3) is 0.529. The summed E-state index contributed by atoms with van der Waals surface area (Å²) in [4.78, 5) is 26.9. The van der Waals surface area contributed by atoms with Crippen LogP contribution < -0.4 is 10.2 Å². The van der Waals surface area contributed by atoms with Crippen LogP contribution in [-0.4, -0.2) is 40.5 Å². The molecular weight excluding hydrogens is 290 g/mol. The summed E-state index contributed by atoms with van der Waals surface area (Å²) in [5.41, 5.74) is 2.89. The average molecular weight is 313 g/mol. The van der Waals surface area contributed by atoms with E-state index in [0.717, 1.165) is 60.6 Å². The van der Waals surface area contributed by atoms with Gasteiger partial charge in [-0.25, -0.2) is 15.0 Å². The summed E-state index contributed by atoms with van der Waals surface area (Å²) >= 11 is 0. The van der Waals surface area contributed by atoms with Gasteiger partial charge in [-0.2, -0.15) is 0 Å². The normalized spacial score (nSPS) is 18.2. The van der Waals surface area contributed by atoms with Crippen molar-refractivity contribution in [2.75, 3.05) is 24.5 Å². The molecule has 2 aromatic rings. The average Bonchev–Trinajstić information content (AvgIpc) is 2.52. The number of anilines is 1. The van der Waals surface area contributed by atoms with E-state index >= 15 is 0 Å². The lowest BCUT2D eigenvalue weighted by molar-refractivity contribution is -0.119. The summed E-state index contributed by atoms with van der Waals surface area (Å²) < 4.78 is 0. The van der Waals surface area contributed by atoms with Crippen LogP contribution in [0.4, 0.5) is 5.82 Å². The fourth-order valence-electron chi connectivity index (χ4n) is 3.34. The summed E-state index contributed by atoms with van der Waals surface area (Å²) in [5.74, 6) is 1.45. The first-order valence-corrected chi connectivity index (χ1v) is 8.13. The van der Waals surface area contributed by atoms with E-state index in [0.29, 0.717) is 5.92 Å². The molecule has 23 heavy (non-hydrogen) atoms. The minimum atomic E-state index is 0.0325. The van der Waals surface area contributed by atoms with Gasteiger partial charge >= 0.3 is 0 Å². The highest BCUT2D eigenvalue weighted by molar-refractivity contribution is 5.90. The molecule has 6 heteroatoms. The van der Waals surface area contributed by atoms with Crippen LogP contribution in [0.1, 0.15) is 31.0 Å². The van der Waals surface area contributed by atoms with Gasteiger partial charge in [0.1, 0.15) is 12.1 Å². The molecule has 3 rings (SSSR count). The second-order valence-electron chi connectivity index (χ2n) is 6.37. The van der Waals surface area contributed by atoms with E-state index in [1.54, 1.807) is 13.3 Å². The maximum absolute atomic E-state index is 11.1. The van der Waals surface area contributed by atoms with Crippen LogP contribution in [-0.2, 0) is 4.79 Å². The van der Waals surface area contributed by atoms with Crippen LogP contribution in [0.15, 0.2) is 12.4 Å². The van der Waals surface area contributed by atoms with Gasteiger partial charge in [-0.15, -0.1) is 0 Å². The van der Waals surface area contributed by atoms with Crippen molar-refractivity contribution >= 4 is 22.8 Å². The van der Waals surface area contributed by atoms with Gasteiger partial charge in [0.05, 0.1) is 5.39 Å². The van der Waals surface area contributed by atoms with E-state index in [1.807, 2.05) is 6.92 Å². The van der Waals surface area contributed by atoms with Gasteiger partial charge in [0.15, 0.2) is 5.65 Å². The quantitative estimate of drug-likeness (QED) is 0.938. The molecule has 0 aromatic carbocycles. The van der Waals surface area contributed by atoms with Crippen LogP contribution in [0.3, 0.4) is 0 Å². The monoisotopic (exact) mass is 313 g/mol. The molecule has 0 bridgehead atoms. The Kier molecular flexibility index (Phi) is 4.41. The number of hydrogen-bond donors (Lipinski definition) is 1. The fourth-order valence-corrected chi connectivity index (χ4v) is 3.34. The number of carbonyl (C=O) groups is 1. The maximum Gasteiger partial charge on any atom is 0.216 e. The molecule has 6 nitrogen and oxygen atoms in total. The van der Waals surface area contributed by atoms with Crippen molar-refractivity contribution < 1.29 is 4.79 Å². The number of hydrogen-bond acceptors (Lipinski definition) is 5. The van der Waals surface area contributed by atoms with E-state index in [4.69, 9.17) is 0 Å². The first-order chi connectivity index (χ1) is 11.0. The van der Waals surface area contributed by atoms with Crippen molar-refractivity contribution in [2.24, 2.45) is 5.92 Å². The number of pyridine rings is 1. The van der Waals surface area contributed by atoms with Gasteiger partial charge in [0.2, 0.25) is 5.91 Å². The zero-order valence-electron chi connectivity index (χ0n) is 14.0. The first kappa shape index (κ1) is 15.6. The molecule has 1 amide bonds. The molecule has 122 valence electrons. The lowest BCUT2D eigenvalue weighted by Crippen LogP contribution is -2.41. The van der Waals surface area contributed by atoms with E-state index in [2.05, 4.69) is 38.2 Å². The molecule has 1 saturated heterocycles. The molecular formula is C17H23N5O. The van der Waals surface area contributed by atoms with Crippen molar-refractivity contribution in [1.82, 2.24) is 20.3 Å². The smallest absolute Gasteiger partial charge is 0.216 e. The molecule has 0 radical (unpaired) electrons. The van der Waals surface area contributed by atoms with Gasteiger partial charge in [-0.3, -0.25) is 4.79 Å². The molecule has 1 atom stereocenters. The second-order valence-corrected chi connectivity index (χ2v) is 6.37. The number of carbonyl (C=O) groups excluding carboxylic acids is 1. The molecule has 1 aliphatic heterocycles. The molecule has 0 saturated carbocycles. The molecule has 0 unspecified atom stereocenters. The zero-order valence-corrected chi connectivity index (χ0v) is 14.0. The Hall–Kier alpha value is -2.24. The van der Waals surface area contributed by atoms with E-state index < -0.39 is 0 Å². The molecule has 1 fully saturated rings. The Morgan fingerprint density at radius 2 is 2.22 bits per heavy atom. The lowest BCUT2D eigenvalue weighted by Gasteiger charge is -2.34. The highest BCUT2D eigenvalue weighted by atomic mass is 16.1. The molecule has 0 spiro atoms. The maximum atomic E-state index is 11.1. The SMILES string of the molecule is CC(=O)NC[C@H]1CCCN(c2ncnc3nc(C)cc(C)c23)C1. The number of nitrogens with one attached hydrogen (secondary N) is 1. The number of amides is 1. The lowest BCUT2D eigenvalue weighted by atomic mass is 9.97. The van der Waals surface area contributed by atoms with Crippen LogP contribution in [0, 0.1) is 19.8 Å². The third-order valence-corrected chi connectivity index (χ3v) is 4.37. The Morgan fingerprint density at radius 1 is 1.39 bits per heavy atom. The molecule has 3 heterocycles. The minimum absolute atomic E-state index is 0.0325. The van der Waals surface area contributed by atoms with Gasteiger partial charge in [-0.1, -0.05) is 0 Å². The third kappa shape index (κ3) is 3.41. The van der Waals surface area contributed by atoms with E-state index in [-0.39, 0.29) is 5.91 Å². The second kappa shape index (κ2) is 6.48. The zero-order chi connectivity index (χ0) is 16.4. The summed E-state index contributed by atoms with van der Waals surface area (Å²) in [5, 5.41) is 3.97. The predicted octanol–water partition coefficient (Wildman–Crippen LogP) is 1.99. The first-order valence-electron chi connectivity index (χ1n) is 8.13. The van der Waals surface area contributed by atoms with Crippen LogP contribution in [0.25, 0.3) is 11.0 Å². The molecule has 2 aromatic heterocycles. The number of rotatable bonds is 3. The number of aryl methyl sites for hydroxylation is 2. The van der Waals surface area contributed by atoms with Crippen LogP contribution >= 0.6 is 0 Å². The largest absolute Gasteiger partial charge is 0.356 e. The van der Waals surface area contributed by atoms with Crippen molar-refractivity contribution in [2.45, 2.75) is 33.6 Å². The Balaban J connectivity index is 1.89. The van der Waals surface area contributed by atoms with Crippen LogP contribution in [0.5, 0.6) is 0 Å². The van der Waals surface area contributed by atoms with Crippen molar-refractivity contribution in [3.05, 3.63) is 23.7 Å². The number of fused-ring (bicyclic) bond motifs is 1. The van der Waals surface area contributed by atoms with Gasteiger partial charge in [0, 0.05) is 32.3 Å². The highest BCUT2D eigenvalue weighted by Gasteiger charge is 2.23. The van der Waals surface area contributed by atoms with Gasteiger partial charge in [0.25, 0.3) is 0 Å². The Labute approximate surface area is 136 Å². The Morgan fingerprint density at radius 3 is 3.00 bits per heavy atom. The highest BCUT2D eigenvalue weighted by Crippen LogP contribution is 2.29.